The molecule has 2 nitrogen and oxygen atoms in total. The van der Waals surface area contributed by atoms with Crippen molar-refractivity contribution in [2.75, 3.05) is 13.7 Å². The highest BCUT2D eigenvalue weighted by Crippen LogP contribution is 2.17. The zero-order valence-electron chi connectivity index (χ0n) is 8.31. The molecule has 0 aliphatic carbocycles. The summed E-state index contributed by atoms with van der Waals surface area (Å²) in [6, 6.07) is 0.659. The Balaban J connectivity index is 1.94. The highest BCUT2D eigenvalue weighted by atomic mass is 16.5. The molecule has 1 heterocycles. The van der Waals surface area contributed by atoms with Crippen LogP contribution >= 0.6 is 0 Å². The molecule has 1 saturated heterocycles. The van der Waals surface area contributed by atoms with E-state index in [2.05, 4.69) is 12.2 Å². The molecule has 0 aromatic carbocycles. The maximum atomic E-state index is 5.55. The van der Waals surface area contributed by atoms with Crippen molar-refractivity contribution < 1.29 is 4.74 Å². The molecule has 0 amide bonds. The average molecular weight is 171 g/mol. The summed E-state index contributed by atoms with van der Waals surface area (Å²) in [6.07, 6.45) is 6.96. The second kappa shape index (κ2) is 5.55. The van der Waals surface area contributed by atoms with Gasteiger partial charge >= 0.3 is 0 Å². The Hall–Kier alpha value is -0.0800. The van der Waals surface area contributed by atoms with Crippen molar-refractivity contribution in [3.63, 3.8) is 0 Å². The third kappa shape index (κ3) is 3.55. The van der Waals surface area contributed by atoms with Gasteiger partial charge in [0.1, 0.15) is 0 Å². The van der Waals surface area contributed by atoms with Crippen molar-refractivity contribution in [1.82, 2.24) is 5.32 Å². The molecule has 2 unspecified atom stereocenters. The van der Waals surface area contributed by atoms with Crippen LogP contribution in [-0.2, 0) is 4.74 Å². The SMILES string of the molecule is CNC(C)CCCC1CCCO1. The van der Waals surface area contributed by atoms with E-state index in [-0.39, 0.29) is 0 Å². The number of rotatable bonds is 5. The molecule has 0 spiro atoms. The summed E-state index contributed by atoms with van der Waals surface area (Å²) in [6.45, 7) is 3.22. The van der Waals surface area contributed by atoms with Crippen molar-refractivity contribution in [1.29, 1.82) is 0 Å². The third-order valence-electron chi connectivity index (χ3n) is 2.68. The monoisotopic (exact) mass is 171 g/mol. The maximum Gasteiger partial charge on any atom is 0.0576 e. The van der Waals surface area contributed by atoms with Crippen LogP contribution in [0, 0.1) is 0 Å². The van der Waals surface area contributed by atoms with Crippen molar-refractivity contribution in [3.8, 4) is 0 Å². The fourth-order valence-electron chi connectivity index (χ4n) is 1.67. The first-order valence-corrected chi connectivity index (χ1v) is 5.12. The van der Waals surface area contributed by atoms with Gasteiger partial charge in [0, 0.05) is 12.6 Å². The van der Waals surface area contributed by atoms with E-state index in [4.69, 9.17) is 4.74 Å². The summed E-state index contributed by atoms with van der Waals surface area (Å²) in [5, 5.41) is 3.25. The molecule has 0 aromatic rings. The van der Waals surface area contributed by atoms with Crippen LogP contribution < -0.4 is 5.32 Å². The second-order valence-electron chi connectivity index (χ2n) is 3.76. The summed E-state index contributed by atoms with van der Waals surface area (Å²) in [7, 11) is 2.02. The van der Waals surface area contributed by atoms with Gasteiger partial charge in [-0.1, -0.05) is 0 Å². The Morgan fingerprint density at radius 1 is 1.58 bits per heavy atom. The molecular formula is C10H21NO. The Morgan fingerprint density at radius 2 is 2.42 bits per heavy atom. The Kier molecular flexibility index (Phi) is 4.62. The first-order valence-electron chi connectivity index (χ1n) is 5.12. The van der Waals surface area contributed by atoms with E-state index in [9.17, 15) is 0 Å². The van der Waals surface area contributed by atoms with E-state index >= 15 is 0 Å². The quantitative estimate of drug-likeness (QED) is 0.682. The highest BCUT2D eigenvalue weighted by molar-refractivity contribution is 4.66. The molecule has 2 heteroatoms. The molecular weight excluding hydrogens is 150 g/mol. The smallest absolute Gasteiger partial charge is 0.0576 e. The van der Waals surface area contributed by atoms with Crippen molar-refractivity contribution in [2.24, 2.45) is 0 Å². The van der Waals surface area contributed by atoms with Crippen LogP contribution in [0.1, 0.15) is 39.0 Å². The van der Waals surface area contributed by atoms with Gasteiger partial charge in [0.05, 0.1) is 6.10 Å². The van der Waals surface area contributed by atoms with Crippen molar-refractivity contribution >= 4 is 0 Å². The average Bonchev–Trinajstić information content (AvgIpc) is 2.57. The summed E-state index contributed by atoms with van der Waals surface area (Å²) in [5.74, 6) is 0. The Bertz CT molecular complexity index is 110. The molecule has 0 saturated carbocycles. The van der Waals surface area contributed by atoms with Crippen LogP contribution in [0.4, 0.5) is 0 Å². The minimum Gasteiger partial charge on any atom is -0.378 e. The molecule has 1 N–H and O–H groups in total. The lowest BCUT2D eigenvalue weighted by Gasteiger charge is -2.12. The molecule has 1 fully saturated rings. The first kappa shape index (κ1) is 10.0. The molecule has 0 bridgehead atoms. The van der Waals surface area contributed by atoms with Crippen LogP contribution in [0.2, 0.25) is 0 Å². The summed E-state index contributed by atoms with van der Waals surface area (Å²) >= 11 is 0. The fourth-order valence-corrected chi connectivity index (χ4v) is 1.67. The summed E-state index contributed by atoms with van der Waals surface area (Å²) in [5.41, 5.74) is 0. The van der Waals surface area contributed by atoms with Gasteiger partial charge in [-0.25, -0.2) is 0 Å². The Labute approximate surface area is 75.7 Å². The third-order valence-corrected chi connectivity index (χ3v) is 2.68. The molecule has 1 rings (SSSR count). The lowest BCUT2D eigenvalue weighted by Crippen LogP contribution is -2.21. The molecule has 0 radical (unpaired) electrons. The predicted octanol–water partition coefficient (Wildman–Crippen LogP) is 1.94. The van der Waals surface area contributed by atoms with Crippen LogP contribution in [0.15, 0.2) is 0 Å². The van der Waals surface area contributed by atoms with Gasteiger partial charge in [-0.05, 0) is 46.1 Å². The van der Waals surface area contributed by atoms with Gasteiger partial charge in [0.15, 0.2) is 0 Å². The molecule has 12 heavy (non-hydrogen) atoms. The number of hydrogen-bond donors (Lipinski definition) is 1. The minimum absolute atomic E-state index is 0.578. The first-order chi connectivity index (χ1) is 5.83. The van der Waals surface area contributed by atoms with Crippen LogP contribution in [-0.4, -0.2) is 25.8 Å². The molecule has 0 aromatic heterocycles. The molecule has 72 valence electrons. The van der Waals surface area contributed by atoms with Gasteiger partial charge in [0.25, 0.3) is 0 Å². The fraction of sp³-hybridized carbons (Fsp3) is 1.00. The van der Waals surface area contributed by atoms with E-state index in [1.165, 1.54) is 32.1 Å². The van der Waals surface area contributed by atoms with Crippen LogP contribution in [0.25, 0.3) is 0 Å². The van der Waals surface area contributed by atoms with Gasteiger partial charge < -0.3 is 10.1 Å². The largest absolute Gasteiger partial charge is 0.378 e. The molecule has 1 aliphatic rings. The lowest BCUT2D eigenvalue weighted by molar-refractivity contribution is 0.101. The topological polar surface area (TPSA) is 21.3 Å². The summed E-state index contributed by atoms with van der Waals surface area (Å²) < 4.78 is 5.55. The summed E-state index contributed by atoms with van der Waals surface area (Å²) in [4.78, 5) is 0. The molecule has 2 atom stereocenters. The highest BCUT2D eigenvalue weighted by Gasteiger charge is 2.14. The number of ether oxygens (including phenoxy) is 1. The van der Waals surface area contributed by atoms with E-state index in [0.717, 1.165) is 6.61 Å². The molecule has 1 aliphatic heterocycles. The van der Waals surface area contributed by atoms with Gasteiger partial charge in [-0.3, -0.25) is 0 Å². The lowest BCUT2D eigenvalue weighted by atomic mass is 10.1. The zero-order valence-corrected chi connectivity index (χ0v) is 8.31. The van der Waals surface area contributed by atoms with Gasteiger partial charge in [-0.15, -0.1) is 0 Å². The van der Waals surface area contributed by atoms with Gasteiger partial charge in [0.2, 0.25) is 0 Å². The standard InChI is InChI=1S/C10H21NO/c1-9(11-2)5-3-6-10-7-4-8-12-10/h9-11H,3-8H2,1-2H3. The van der Waals surface area contributed by atoms with Crippen LogP contribution in [0.5, 0.6) is 0 Å². The minimum atomic E-state index is 0.578. The van der Waals surface area contributed by atoms with Crippen molar-refractivity contribution in [3.05, 3.63) is 0 Å². The van der Waals surface area contributed by atoms with E-state index < -0.39 is 0 Å². The normalized spacial score (nSPS) is 26.0. The van der Waals surface area contributed by atoms with E-state index in [1.807, 2.05) is 7.05 Å². The number of nitrogens with one attached hydrogen (secondary N) is 1. The maximum absolute atomic E-state index is 5.55. The Morgan fingerprint density at radius 3 is 3.00 bits per heavy atom. The second-order valence-corrected chi connectivity index (χ2v) is 3.76. The van der Waals surface area contributed by atoms with Crippen LogP contribution in [0.3, 0.4) is 0 Å². The zero-order chi connectivity index (χ0) is 8.81. The van der Waals surface area contributed by atoms with E-state index in [1.54, 1.807) is 0 Å². The van der Waals surface area contributed by atoms with Gasteiger partial charge in [-0.2, -0.15) is 0 Å². The predicted molar refractivity (Wildman–Crippen MR) is 51.3 cm³/mol. The van der Waals surface area contributed by atoms with E-state index in [0.29, 0.717) is 12.1 Å². The van der Waals surface area contributed by atoms with Crippen molar-refractivity contribution in [2.45, 2.75) is 51.2 Å². The number of hydrogen-bond acceptors (Lipinski definition) is 2.